The number of likely N-dealkylation sites (tertiary alicyclic amines) is 1. The highest BCUT2D eigenvalue weighted by Gasteiger charge is 2.24. The fourth-order valence-electron chi connectivity index (χ4n) is 3.37. The molecule has 1 unspecified atom stereocenters. The highest BCUT2D eigenvalue weighted by Crippen LogP contribution is 2.29. The SMILES string of the molecule is CN(C)CCN1CCCCCC(C(=O)Nc2nc3c(F)cc(F)cc3s2)C1. The van der Waals surface area contributed by atoms with Crippen molar-refractivity contribution in [3.8, 4) is 0 Å². The Hall–Kier alpha value is -1.64. The van der Waals surface area contributed by atoms with Crippen LogP contribution in [0.15, 0.2) is 12.1 Å². The van der Waals surface area contributed by atoms with Gasteiger partial charge >= 0.3 is 0 Å². The molecular formula is C19H26F2N4OS. The Bertz CT molecular complexity index is 795. The van der Waals surface area contributed by atoms with Crippen LogP contribution in [0, 0.1) is 17.6 Å². The first-order valence-corrected chi connectivity index (χ1v) is 10.2. The van der Waals surface area contributed by atoms with E-state index in [1.54, 1.807) is 0 Å². The number of anilines is 1. The summed E-state index contributed by atoms with van der Waals surface area (Å²) in [5.41, 5.74) is 0.0991. The Kier molecular flexibility index (Phi) is 6.73. The molecule has 1 aliphatic rings. The minimum absolute atomic E-state index is 0.0910. The zero-order valence-corrected chi connectivity index (χ0v) is 16.6. The van der Waals surface area contributed by atoms with Crippen LogP contribution in [0.4, 0.5) is 13.9 Å². The lowest BCUT2D eigenvalue weighted by molar-refractivity contribution is -0.120. The normalized spacial score (nSPS) is 19.2. The minimum Gasteiger partial charge on any atom is -0.308 e. The molecule has 5 nitrogen and oxygen atoms in total. The van der Waals surface area contributed by atoms with E-state index >= 15 is 0 Å². The Morgan fingerprint density at radius 1 is 1.33 bits per heavy atom. The molecule has 0 bridgehead atoms. The van der Waals surface area contributed by atoms with Crippen LogP contribution < -0.4 is 5.32 Å². The van der Waals surface area contributed by atoms with Crippen molar-refractivity contribution in [1.82, 2.24) is 14.8 Å². The fourth-order valence-corrected chi connectivity index (χ4v) is 4.28. The molecule has 148 valence electrons. The number of hydrogen-bond donors (Lipinski definition) is 1. The fraction of sp³-hybridized carbons (Fsp3) is 0.579. The molecule has 1 amide bonds. The maximum absolute atomic E-state index is 13.8. The van der Waals surface area contributed by atoms with Crippen molar-refractivity contribution in [1.29, 1.82) is 0 Å². The second-order valence-corrected chi connectivity index (χ2v) is 8.42. The van der Waals surface area contributed by atoms with E-state index in [1.807, 2.05) is 14.1 Å². The Labute approximate surface area is 162 Å². The van der Waals surface area contributed by atoms with Gasteiger partial charge in [0.25, 0.3) is 0 Å². The Morgan fingerprint density at radius 3 is 2.93 bits per heavy atom. The number of thiazole rings is 1. The van der Waals surface area contributed by atoms with Crippen molar-refractivity contribution in [2.45, 2.75) is 25.7 Å². The van der Waals surface area contributed by atoms with E-state index in [4.69, 9.17) is 0 Å². The quantitative estimate of drug-likeness (QED) is 0.840. The summed E-state index contributed by atoms with van der Waals surface area (Å²) in [6.45, 7) is 3.61. The van der Waals surface area contributed by atoms with Crippen LogP contribution in [0.1, 0.15) is 25.7 Å². The van der Waals surface area contributed by atoms with Crippen molar-refractivity contribution in [3.63, 3.8) is 0 Å². The summed E-state index contributed by atoms with van der Waals surface area (Å²) >= 11 is 1.10. The summed E-state index contributed by atoms with van der Waals surface area (Å²) in [6, 6.07) is 2.05. The number of halogens is 2. The molecule has 2 heterocycles. The molecule has 1 N–H and O–H groups in total. The van der Waals surface area contributed by atoms with E-state index in [0.29, 0.717) is 16.4 Å². The van der Waals surface area contributed by atoms with Gasteiger partial charge in [0, 0.05) is 25.7 Å². The van der Waals surface area contributed by atoms with Crippen molar-refractivity contribution in [2.75, 3.05) is 45.6 Å². The Balaban J connectivity index is 1.68. The molecule has 2 aromatic rings. The average molecular weight is 397 g/mol. The molecule has 1 aromatic carbocycles. The number of fused-ring (bicyclic) bond motifs is 1. The molecular weight excluding hydrogens is 370 g/mol. The number of amides is 1. The van der Waals surface area contributed by atoms with Gasteiger partial charge in [-0.3, -0.25) is 4.79 Å². The molecule has 0 radical (unpaired) electrons. The van der Waals surface area contributed by atoms with Gasteiger partial charge in [0.2, 0.25) is 5.91 Å². The average Bonchev–Trinajstić information content (AvgIpc) is 2.96. The standard InChI is InChI=1S/C19H26F2N4OS/c1-24(2)8-9-25-7-5-3-4-6-13(12-25)18(26)23-19-22-17-15(21)10-14(20)11-16(17)27-19/h10-11,13H,3-9,12H2,1-2H3,(H,22,23,26). The third-order valence-corrected chi connectivity index (χ3v) is 5.80. The van der Waals surface area contributed by atoms with Gasteiger partial charge in [-0.15, -0.1) is 0 Å². The first-order chi connectivity index (χ1) is 12.9. The van der Waals surface area contributed by atoms with Crippen LogP contribution in [0.5, 0.6) is 0 Å². The van der Waals surface area contributed by atoms with E-state index < -0.39 is 11.6 Å². The van der Waals surface area contributed by atoms with Crippen LogP contribution >= 0.6 is 11.3 Å². The third kappa shape index (κ3) is 5.43. The van der Waals surface area contributed by atoms with Gasteiger partial charge in [-0.05, 0) is 39.5 Å². The van der Waals surface area contributed by atoms with Crippen LogP contribution in [-0.2, 0) is 4.79 Å². The zero-order chi connectivity index (χ0) is 19.4. The van der Waals surface area contributed by atoms with Gasteiger partial charge in [0.15, 0.2) is 10.9 Å². The largest absolute Gasteiger partial charge is 0.308 e. The van der Waals surface area contributed by atoms with E-state index in [9.17, 15) is 13.6 Å². The van der Waals surface area contributed by atoms with Crippen molar-refractivity contribution in [3.05, 3.63) is 23.8 Å². The van der Waals surface area contributed by atoms with Crippen molar-refractivity contribution < 1.29 is 13.6 Å². The topological polar surface area (TPSA) is 48.5 Å². The van der Waals surface area contributed by atoms with Gasteiger partial charge in [-0.25, -0.2) is 13.8 Å². The lowest BCUT2D eigenvalue weighted by atomic mass is 9.97. The van der Waals surface area contributed by atoms with Gasteiger partial charge in [0.05, 0.1) is 10.6 Å². The maximum atomic E-state index is 13.8. The number of carbonyl (C=O) groups excluding carboxylic acids is 1. The number of nitrogens with one attached hydrogen (secondary N) is 1. The molecule has 1 aromatic heterocycles. The highest BCUT2D eigenvalue weighted by molar-refractivity contribution is 7.22. The maximum Gasteiger partial charge on any atom is 0.230 e. The molecule has 27 heavy (non-hydrogen) atoms. The number of nitrogens with zero attached hydrogens (tertiary/aromatic N) is 3. The van der Waals surface area contributed by atoms with E-state index in [0.717, 1.165) is 62.7 Å². The van der Waals surface area contributed by atoms with Crippen LogP contribution in [0.25, 0.3) is 10.2 Å². The zero-order valence-electron chi connectivity index (χ0n) is 15.8. The number of likely N-dealkylation sites (N-methyl/N-ethyl adjacent to an activating group) is 1. The first-order valence-electron chi connectivity index (χ1n) is 9.36. The van der Waals surface area contributed by atoms with Crippen LogP contribution in [0.2, 0.25) is 0 Å². The van der Waals surface area contributed by atoms with Crippen LogP contribution in [0.3, 0.4) is 0 Å². The van der Waals surface area contributed by atoms with Crippen molar-refractivity contribution >= 4 is 32.6 Å². The highest BCUT2D eigenvalue weighted by atomic mass is 32.1. The van der Waals surface area contributed by atoms with Crippen LogP contribution in [-0.4, -0.2) is 61.0 Å². The molecule has 3 rings (SSSR count). The van der Waals surface area contributed by atoms with Gasteiger partial charge < -0.3 is 15.1 Å². The summed E-state index contributed by atoms with van der Waals surface area (Å²) in [5, 5.41) is 3.14. The Morgan fingerprint density at radius 2 is 2.15 bits per heavy atom. The molecule has 1 fully saturated rings. The predicted octanol–water partition coefficient (Wildman–Crippen LogP) is 3.57. The molecule has 0 saturated carbocycles. The number of rotatable bonds is 5. The lowest BCUT2D eigenvalue weighted by Crippen LogP contribution is -2.40. The number of aromatic nitrogens is 1. The summed E-state index contributed by atoms with van der Waals surface area (Å²) in [5.74, 6) is -1.56. The lowest BCUT2D eigenvalue weighted by Gasteiger charge is -2.30. The van der Waals surface area contributed by atoms with Gasteiger partial charge in [-0.2, -0.15) is 0 Å². The number of carbonyl (C=O) groups is 1. The monoisotopic (exact) mass is 396 g/mol. The molecule has 0 aliphatic carbocycles. The van der Waals surface area contributed by atoms with E-state index in [-0.39, 0.29) is 17.3 Å². The van der Waals surface area contributed by atoms with Crippen molar-refractivity contribution in [2.24, 2.45) is 5.92 Å². The van der Waals surface area contributed by atoms with Gasteiger partial charge in [0.1, 0.15) is 11.3 Å². The molecule has 1 atom stereocenters. The second kappa shape index (κ2) is 9.03. The molecule has 1 saturated heterocycles. The van der Waals surface area contributed by atoms with E-state index in [2.05, 4.69) is 20.1 Å². The summed E-state index contributed by atoms with van der Waals surface area (Å²) < 4.78 is 27.6. The number of benzene rings is 1. The second-order valence-electron chi connectivity index (χ2n) is 7.39. The smallest absolute Gasteiger partial charge is 0.230 e. The van der Waals surface area contributed by atoms with E-state index in [1.165, 1.54) is 6.07 Å². The summed E-state index contributed by atoms with van der Waals surface area (Å²) in [6.07, 6.45) is 4.13. The van der Waals surface area contributed by atoms with Gasteiger partial charge in [-0.1, -0.05) is 24.2 Å². The summed E-state index contributed by atoms with van der Waals surface area (Å²) in [4.78, 5) is 21.4. The molecule has 1 aliphatic heterocycles. The number of hydrogen-bond acceptors (Lipinski definition) is 5. The molecule has 0 spiro atoms. The summed E-state index contributed by atoms with van der Waals surface area (Å²) in [7, 11) is 4.09. The third-order valence-electron chi connectivity index (χ3n) is 4.88. The minimum atomic E-state index is -0.706. The first kappa shape index (κ1) is 20.1. The predicted molar refractivity (Wildman–Crippen MR) is 105 cm³/mol. The molecule has 8 heteroatoms.